The van der Waals surface area contributed by atoms with Gasteiger partial charge in [0.1, 0.15) is 5.82 Å². The molecule has 0 fully saturated rings. The molecule has 1 aromatic carbocycles. The third kappa shape index (κ3) is 6.07. The van der Waals surface area contributed by atoms with E-state index in [2.05, 4.69) is 14.9 Å². The largest absolute Gasteiger partial charge is 0.490 e. The van der Waals surface area contributed by atoms with E-state index in [-0.39, 0.29) is 12.7 Å². The second-order valence-corrected chi connectivity index (χ2v) is 6.31. The molecule has 0 aliphatic heterocycles. The van der Waals surface area contributed by atoms with E-state index in [1.807, 2.05) is 52.1 Å². The second kappa shape index (κ2) is 9.44. The molecule has 0 amide bonds. The molecule has 6 nitrogen and oxygen atoms in total. The summed E-state index contributed by atoms with van der Waals surface area (Å²) in [5, 5.41) is 9.37. The van der Waals surface area contributed by atoms with E-state index >= 15 is 0 Å². The number of hydrogen-bond donors (Lipinski definition) is 2. The number of nitrogens with one attached hydrogen (secondary N) is 1. The van der Waals surface area contributed by atoms with Crippen LogP contribution in [0.5, 0.6) is 11.5 Å². The molecule has 1 aromatic heterocycles. The van der Waals surface area contributed by atoms with E-state index in [0.29, 0.717) is 26.2 Å². The quantitative estimate of drug-likeness (QED) is 0.691. The Kier molecular flexibility index (Phi) is 7.28. The maximum atomic E-state index is 9.37. The third-order valence-corrected chi connectivity index (χ3v) is 3.64. The predicted octanol–water partition coefficient (Wildman–Crippen LogP) is 2.90. The summed E-state index contributed by atoms with van der Waals surface area (Å²) in [5.74, 6) is 2.42. The van der Waals surface area contributed by atoms with Gasteiger partial charge in [0.2, 0.25) is 0 Å². The van der Waals surface area contributed by atoms with Crippen LogP contribution in [0.2, 0.25) is 0 Å². The first kappa shape index (κ1) is 19.3. The Morgan fingerprint density at radius 3 is 2.64 bits per heavy atom. The Morgan fingerprint density at radius 2 is 2.04 bits per heavy atom. The Morgan fingerprint density at radius 1 is 1.24 bits per heavy atom. The molecular weight excluding hydrogens is 318 g/mol. The van der Waals surface area contributed by atoms with Crippen molar-refractivity contribution in [2.45, 2.75) is 46.9 Å². The maximum absolute atomic E-state index is 9.37. The fraction of sp³-hybridized carbons (Fsp3) is 0.526. The Labute approximate surface area is 149 Å². The summed E-state index contributed by atoms with van der Waals surface area (Å²) in [6, 6.07) is 6.02. The molecule has 138 valence electrons. The van der Waals surface area contributed by atoms with E-state index in [4.69, 9.17) is 9.47 Å². The lowest BCUT2D eigenvalue weighted by Crippen LogP contribution is -2.26. The SMILES string of the molecule is CCOc1cc(CN(CCO)Cc2cnc(C)[nH]2)ccc1OC(C)C. The van der Waals surface area contributed by atoms with Crippen LogP contribution in [-0.4, -0.2) is 45.8 Å². The van der Waals surface area contributed by atoms with Crippen LogP contribution in [0.1, 0.15) is 37.9 Å². The van der Waals surface area contributed by atoms with E-state index in [1.54, 1.807) is 0 Å². The van der Waals surface area contributed by atoms with Crippen molar-refractivity contribution in [2.75, 3.05) is 19.8 Å². The number of H-pyrrole nitrogens is 1. The molecule has 25 heavy (non-hydrogen) atoms. The van der Waals surface area contributed by atoms with E-state index in [1.165, 1.54) is 0 Å². The van der Waals surface area contributed by atoms with Crippen molar-refractivity contribution < 1.29 is 14.6 Å². The number of nitrogens with zero attached hydrogens (tertiary/aromatic N) is 2. The molecule has 2 N–H and O–H groups in total. The first-order valence-electron chi connectivity index (χ1n) is 8.77. The topological polar surface area (TPSA) is 70.6 Å². The van der Waals surface area contributed by atoms with Gasteiger partial charge in [-0.1, -0.05) is 6.07 Å². The number of hydrogen-bond acceptors (Lipinski definition) is 5. The summed E-state index contributed by atoms with van der Waals surface area (Å²) < 4.78 is 11.5. The number of aryl methyl sites for hydroxylation is 1. The number of aromatic amines is 1. The molecule has 0 aliphatic carbocycles. The summed E-state index contributed by atoms with van der Waals surface area (Å²) in [5.41, 5.74) is 2.15. The van der Waals surface area contributed by atoms with Crippen LogP contribution in [0.15, 0.2) is 24.4 Å². The molecule has 0 saturated heterocycles. The van der Waals surface area contributed by atoms with E-state index in [0.717, 1.165) is 28.6 Å². The Bertz CT molecular complexity index is 655. The Balaban J connectivity index is 2.12. The number of imidazole rings is 1. The van der Waals surface area contributed by atoms with Gasteiger partial charge >= 0.3 is 0 Å². The Hall–Kier alpha value is -2.05. The van der Waals surface area contributed by atoms with Gasteiger partial charge in [-0.25, -0.2) is 4.98 Å². The average molecular weight is 347 g/mol. The van der Waals surface area contributed by atoms with Crippen LogP contribution in [0, 0.1) is 6.92 Å². The summed E-state index contributed by atoms with van der Waals surface area (Å²) >= 11 is 0. The van der Waals surface area contributed by atoms with Gasteiger partial charge in [0.15, 0.2) is 11.5 Å². The molecule has 0 spiro atoms. The third-order valence-electron chi connectivity index (χ3n) is 3.64. The molecule has 2 aromatic rings. The maximum Gasteiger partial charge on any atom is 0.161 e. The second-order valence-electron chi connectivity index (χ2n) is 6.31. The normalized spacial score (nSPS) is 11.3. The molecular formula is C19H29N3O3. The molecule has 0 bridgehead atoms. The number of rotatable bonds is 10. The van der Waals surface area contributed by atoms with Gasteiger partial charge in [-0.05, 0) is 45.4 Å². The lowest BCUT2D eigenvalue weighted by Gasteiger charge is -2.22. The van der Waals surface area contributed by atoms with E-state index < -0.39 is 0 Å². The standard InChI is InChI=1S/C19H29N3O3/c1-5-24-19-10-16(6-7-18(19)25-14(2)3)12-22(8-9-23)13-17-11-20-15(4)21-17/h6-7,10-11,14,23H,5,8-9,12-13H2,1-4H3,(H,20,21). The summed E-state index contributed by atoms with van der Waals surface area (Å²) in [7, 11) is 0. The monoisotopic (exact) mass is 347 g/mol. The molecule has 0 radical (unpaired) electrons. The first-order chi connectivity index (χ1) is 12.0. The minimum absolute atomic E-state index is 0.0968. The molecule has 2 rings (SSSR count). The van der Waals surface area contributed by atoms with Crippen LogP contribution >= 0.6 is 0 Å². The molecule has 0 saturated carbocycles. The average Bonchev–Trinajstić information content (AvgIpc) is 2.95. The van der Waals surface area contributed by atoms with Crippen LogP contribution in [0.4, 0.5) is 0 Å². The zero-order valence-electron chi connectivity index (χ0n) is 15.6. The van der Waals surface area contributed by atoms with E-state index in [9.17, 15) is 5.11 Å². The number of benzene rings is 1. The van der Waals surface area contributed by atoms with Crippen molar-refractivity contribution in [3.05, 3.63) is 41.5 Å². The molecule has 0 atom stereocenters. The predicted molar refractivity (Wildman–Crippen MR) is 97.9 cm³/mol. The van der Waals surface area contributed by atoms with Gasteiger partial charge in [-0.3, -0.25) is 4.90 Å². The van der Waals surface area contributed by atoms with Crippen molar-refractivity contribution in [2.24, 2.45) is 0 Å². The minimum Gasteiger partial charge on any atom is -0.490 e. The number of aromatic nitrogens is 2. The van der Waals surface area contributed by atoms with Crippen LogP contribution in [-0.2, 0) is 13.1 Å². The lowest BCUT2D eigenvalue weighted by atomic mass is 10.1. The lowest BCUT2D eigenvalue weighted by molar-refractivity contribution is 0.182. The molecule has 1 heterocycles. The fourth-order valence-corrected chi connectivity index (χ4v) is 2.68. The highest BCUT2D eigenvalue weighted by atomic mass is 16.5. The van der Waals surface area contributed by atoms with Crippen LogP contribution in [0.25, 0.3) is 0 Å². The zero-order chi connectivity index (χ0) is 18.2. The van der Waals surface area contributed by atoms with Crippen molar-refractivity contribution in [1.29, 1.82) is 0 Å². The van der Waals surface area contributed by atoms with Crippen molar-refractivity contribution in [3.8, 4) is 11.5 Å². The number of aliphatic hydroxyl groups excluding tert-OH is 1. The summed E-state index contributed by atoms with van der Waals surface area (Å²) in [6.07, 6.45) is 1.94. The smallest absolute Gasteiger partial charge is 0.161 e. The number of ether oxygens (including phenoxy) is 2. The van der Waals surface area contributed by atoms with Crippen LogP contribution < -0.4 is 9.47 Å². The van der Waals surface area contributed by atoms with Gasteiger partial charge in [0, 0.05) is 31.5 Å². The minimum atomic E-state index is 0.0968. The van der Waals surface area contributed by atoms with Gasteiger partial charge in [0.25, 0.3) is 0 Å². The highest BCUT2D eigenvalue weighted by Crippen LogP contribution is 2.30. The van der Waals surface area contributed by atoms with Crippen molar-refractivity contribution in [1.82, 2.24) is 14.9 Å². The van der Waals surface area contributed by atoms with Crippen LogP contribution in [0.3, 0.4) is 0 Å². The first-order valence-corrected chi connectivity index (χ1v) is 8.77. The highest BCUT2D eigenvalue weighted by molar-refractivity contribution is 5.43. The van der Waals surface area contributed by atoms with Gasteiger partial charge in [-0.2, -0.15) is 0 Å². The zero-order valence-corrected chi connectivity index (χ0v) is 15.6. The van der Waals surface area contributed by atoms with Crippen molar-refractivity contribution in [3.63, 3.8) is 0 Å². The molecule has 0 aliphatic rings. The molecule has 6 heteroatoms. The fourth-order valence-electron chi connectivity index (χ4n) is 2.68. The number of aliphatic hydroxyl groups is 1. The molecule has 0 unspecified atom stereocenters. The van der Waals surface area contributed by atoms with Crippen molar-refractivity contribution >= 4 is 0 Å². The summed E-state index contributed by atoms with van der Waals surface area (Å²) in [6.45, 7) is 10.6. The van der Waals surface area contributed by atoms with Gasteiger partial charge < -0.3 is 19.6 Å². The summed E-state index contributed by atoms with van der Waals surface area (Å²) in [4.78, 5) is 9.63. The van der Waals surface area contributed by atoms with Gasteiger partial charge in [-0.15, -0.1) is 0 Å². The highest BCUT2D eigenvalue weighted by Gasteiger charge is 2.12. The van der Waals surface area contributed by atoms with Gasteiger partial charge in [0.05, 0.1) is 19.3 Å².